The van der Waals surface area contributed by atoms with Crippen LogP contribution >= 0.6 is 23.2 Å². The molecule has 0 spiro atoms. The van der Waals surface area contributed by atoms with E-state index in [2.05, 4.69) is 4.74 Å². The molecule has 0 aromatic carbocycles. The number of hydrogen-bond donors (Lipinski definition) is 0. The lowest BCUT2D eigenvalue weighted by molar-refractivity contribution is 0.487. The highest BCUT2D eigenvalue weighted by molar-refractivity contribution is 6.28. The summed E-state index contributed by atoms with van der Waals surface area (Å²) in [6, 6.07) is 0. The summed E-state index contributed by atoms with van der Waals surface area (Å²) in [5.74, 6) is 0.665. The van der Waals surface area contributed by atoms with Crippen molar-refractivity contribution in [2.24, 2.45) is 0 Å². The van der Waals surface area contributed by atoms with Crippen molar-refractivity contribution in [3.8, 4) is 0 Å². The van der Waals surface area contributed by atoms with E-state index in [1.165, 1.54) is 5.54 Å². The molecule has 3 heteroatoms. The fourth-order valence-electron chi connectivity index (χ4n) is 0.161. The second-order valence-corrected chi connectivity index (χ2v) is 1.56. The highest BCUT2D eigenvalue weighted by Gasteiger charge is 2.28. The van der Waals surface area contributed by atoms with E-state index in [0.29, 0.717) is 5.76 Å². The van der Waals surface area contributed by atoms with E-state index < -0.39 is 0 Å². The lowest BCUT2D eigenvalue weighted by atomic mass is 10.8. The highest BCUT2D eigenvalue weighted by Crippen LogP contribution is 2.30. The Morgan fingerprint density at radius 2 is 2.33 bits per heavy atom. The maximum atomic E-state index is 5.28. The van der Waals surface area contributed by atoms with Crippen molar-refractivity contribution in [3.05, 3.63) is 11.3 Å². The van der Waals surface area contributed by atoms with E-state index in [1.54, 1.807) is 0 Å². The van der Waals surface area contributed by atoms with E-state index in [-0.39, 0.29) is 5.56 Å². The minimum Gasteiger partial charge on any atom is -0.465 e. The zero-order valence-corrected chi connectivity index (χ0v) is 4.33. The fraction of sp³-hybridized carbons (Fsp3) is 0.333. The van der Waals surface area contributed by atoms with Crippen molar-refractivity contribution in [1.82, 2.24) is 0 Å². The van der Waals surface area contributed by atoms with Gasteiger partial charge in [-0.15, -0.1) is 0 Å². The van der Waals surface area contributed by atoms with Crippen LogP contribution in [0.15, 0.2) is 11.3 Å². The van der Waals surface area contributed by atoms with Gasteiger partial charge in [0.15, 0.2) is 5.76 Å². The smallest absolute Gasteiger partial charge is 0.229 e. The van der Waals surface area contributed by atoms with Crippen LogP contribution in [-0.2, 0) is 4.74 Å². The van der Waals surface area contributed by atoms with Crippen molar-refractivity contribution in [2.45, 2.75) is 5.56 Å². The Morgan fingerprint density at radius 3 is 2.33 bits per heavy atom. The molecule has 0 radical (unpaired) electrons. The second-order valence-electron chi connectivity index (χ2n) is 0.945. The van der Waals surface area contributed by atoms with E-state index in [1.807, 2.05) is 0 Å². The summed E-state index contributed by atoms with van der Waals surface area (Å²) in [7, 11) is 0. The summed E-state index contributed by atoms with van der Waals surface area (Å²) >= 11 is 10.4. The van der Waals surface area contributed by atoms with Gasteiger partial charge in [-0.2, -0.15) is 0 Å². The Kier molecular flexibility index (Phi) is 0.941. The predicted molar refractivity (Wildman–Crippen MR) is 24.7 cm³/mol. The number of alkyl halides is 1. The van der Waals surface area contributed by atoms with Gasteiger partial charge < -0.3 is 4.74 Å². The van der Waals surface area contributed by atoms with E-state index in [4.69, 9.17) is 23.2 Å². The molecule has 1 unspecified atom stereocenters. The second kappa shape index (κ2) is 1.32. The monoisotopic (exact) mass is 124 g/mol. The van der Waals surface area contributed by atoms with Gasteiger partial charge in [0, 0.05) is 5.54 Å². The Labute approximate surface area is 45.5 Å². The molecular formula is C3H2Cl2O. The number of ether oxygens (including phenoxy) is 1. The molecule has 6 heavy (non-hydrogen) atoms. The van der Waals surface area contributed by atoms with Crippen LogP contribution in [0.4, 0.5) is 0 Å². The van der Waals surface area contributed by atoms with E-state index >= 15 is 0 Å². The standard InChI is InChI=1S/C3H2Cl2O/c4-1-2-3(5)6-2/h1,3H/b2-1-. The molecule has 1 heterocycles. The average Bonchev–Trinajstić information content (AvgIpc) is 2.19. The van der Waals surface area contributed by atoms with Gasteiger partial charge in [0.25, 0.3) is 0 Å². The first kappa shape index (κ1) is 4.28. The van der Waals surface area contributed by atoms with Crippen molar-refractivity contribution in [2.75, 3.05) is 0 Å². The van der Waals surface area contributed by atoms with Crippen LogP contribution in [0.5, 0.6) is 0 Å². The molecule has 1 rings (SSSR count). The molecule has 0 aromatic rings. The Bertz CT molecular complexity index is 88.8. The van der Waals surface area contributed by atoms with Gasteiger partial charge in [-0.25, -0.2) is 0 Å². The van der Waals surface area contributed by atoms with Crippen LogP contribution in [0.3, 0.4) is 0 Å². The van der Waals surface area contributed by atoms with Crippen molar-refractivity contribution < 1.29 is 4.74 Å². The molecular weight excluding hydrogens is 123 g/mol. The van der Waals surface area contributed by atoms with Crippen LogP contribution in [0.25, 0.3) is 0 Å². The molecule has 1 atom stereocenters. The van der Waals surface area contributed by atoms with Crippen LogP contribution in [0, 0.1) is 0 Å². The molecule has 0 saturated carbocycles. The first-order chi connectivity index (χ1) is 2.84. The molecule has 34 valence electrons. The van der Waals surface area contributed by atoms with Gasteiger partial charge >= 0.3 is 0 Å². The van der Waals surface area contributed by atoms with Gasteiger partial charge in [0.05, 0.1) is 0 Å². The van der Waals surface area contributed by atoms with E-state index in [9.17, 15) is 0 Å². The fourth-order valence-corrected chi connectivity index (χ4v) is 0.557. The molecule has 0 amide bonds. The number of hydrogen-bond acceptors (Lipinski definition) is 1. The highest BCUT2D eigenvalue weighted by atomic mass is 35.5. The van der Waals surface area contributed by atoms with Gasteiger partial charge in [0.1, 0.15) is 0 Å². The number of rotatable bonds is 0. The van der Waals surface area contributed by atoms with Crippen LogP contribution < -0.4 is 0 Å². The molecule has 0 aliphatic carbocycles. The molecule has 1 fully saturated rings. The first-order valence-electron chi connectivity index (χ1n) is 1.45. The first-order valence-corrected chi connectivity index (χ1v) is 2.33. The van der Waals surface area contributed by atoms with Crippen molar-refractivity contribution in [1.29, 1.82) is 0 Å². The molecule has 0 aromatic heterocycles. The molecule has 1 saturated heterocycles. The summed E-state index contributed by atoms with van der Waals surface area (Å²) in [5, 5.41) is 0. The summed E-state index contributed by atoms with van der Waals surface area (Å²) < 4.78 is 4.56. The minimum atomic E-state index is -0.234. The molecule has 0 N–H and O–H groups in total. The van der Waals surface area contributed by atoms with Crippen LogP contribution in [0.2, 0.25) is 0 Å². The average molecular weight is 125 g/mol. The third-order valence-electron chi connectivity index (χ3n) is 0.514. The lowest BCUT2D eigenvalue weighted by Crippen LogP contribution is -1.52. The quantitative estimate of drug-likeness (QED) is 0.354. The van der Waals surface area contributed by atoms with Crippen LogP contribution in [0.1, 0.15) is 0 Å². The summed E-state index contributed by atoms with van der Waals surface area (Å²) in [5.41, 5.74) is 1.10. The van der Waals surface area contributed by atoms with Gasteiger partial charge in [-0.05, 0) is 0 Å². The van der Waals surface area contributed by atoms with Crippen LogP contribution in [-0.4, -0.2) is 5.56 Å². The number of halogens is 2. The maximum Gasteiger partial charge on any atom is 0.229 e. The molecule has 0 bridgehead atoms. The zero-order chi connectivity index (χ0) is 4.57. The van der Waals surface area contributed by atoms with Crippen molar-refractivity contribution in [3.63, 3.8) is 0 Å². The summed E-state index contributed by atoms with van der Waals surface area (Å²) in [6.45, 7) is 0. The third kappa shape index (κ3) is 0.608. The maximum absolute atomic E-state index is 5.28. The van der Waals surface area contributed by atoms with Crippen molar-refractivity contribution >= 4 is 23.2 Å². The third-order valence-corrected chi connectivity index (χ3v) is 1.03. The summed E-state index contributed by atoms with van der Waals surface area (Å²) in [6.07, 6.45) is 0. The Hall–Kier alpha value is 0.120. The Balaban J connectivity index is 2.44. The van der Waals surface area contributed by atoms with Gasteiger partial charge in [-0.1, -0.05) is 23.2 Å². The minimum absolute atomic E-state index is 0.234. The lowest BCUT2D eigenvalue weighted by Gasteiger charge is -1.47. The Morgan fingerprint density at radius 1 is 1.83 bits per heavy atom. The zero-order valence-electron chi connectivity index (χ0n) is 2.82. The SMILES string of the molecule is Cl/C=C1\OC1Cl. The topological polar surface area (TPSA) is 12.5 Å². The predicted octanol–water partition coefficient (Wildman–Crippen LogP) is 1.66. The number of epoxide rings is 1. The molecule has 1 aliphatic rings. The van der Waals surface area contributed by atoms with Gasteiger partial charge in [-0.3, -0.25) is 0 Å². The van der Waals surface area contributed by atoms with E-state index in [0.717, 1.165) is 0 Å². The molecule has 1 nitrogen and oxygen atoms in total. The van der Waals surface area contributed by atoms with Gasteiger partial charge in [0.2, 0.25) is 5.56 Å². The summed E-state index contributed by atoms with van der Waals surface area (Å²) in [4.78, 5) is 0. The normalized spacial score (nSPS) is 36.3. The largest absolute Gasteiger partial charge is 0.465 e. The molecule has 1 aliphatic heterocycles.